The van der Waals surface area contributed by atoms with Gasteiger partial charge in [-0.15, -0.1) is 11.3 Å². The first kappa shape index (κ1) is 15.0. The van der Waals surface area contributed by atoms with Crippen LogP contribution in [0.15, 0.2) is 29.6 Å². The van der Waals surface area contributed by atoms with Crippen LogP contribution in [-0.4, -0.2) is 18.0 Å². The molecule has 2 nitrogen and oxygen atoms in total. The number of fused-ring (bicyclic) bond motifs is 1. The Bertz CT molecular complexity index is 643. The highest BCUT2D eigenvalue weighted by Crippen LogP contribution is 2.38. The minimum absolute atomic E-state index is 0.147. The molecule has 0 saturated heterocycles. The number of thiophene rings is 1. The third-order valence-corrected chi connectivity index (χ3v) is 5.58. The summed E-state index contributed by atoms with van der Waals surface area (Å²) in [5, 5.41) is 2.29. The summed E-state index contributed by atoms with van der Waals surface area (Å²) < 4.78 is 14.3. The molecule has 1 aliphatic heterocycles. The van der Waals surface area contributed by atoms with Gasteiger partial charge in [0.2, 0.25) is 0 Å². The Morgan fingerprint density at radius 3 is 3.05 bits per heavy atom. The lowest BCUT2D eigenvalue weighted by Crippen LogP contribution is -2.40. The van der Waals surface area contributed by atoms with Crippen molar-refractivity contribution < 1.29 is 4.39 Å². The van der Waals surface area contributed by atoms with E-state index < -0.39 is 0 Å². The van der Waals surface area contributed by atoms with Gasteiger partial charge in [0.05, 0.1) is 11.1 Å². The highest BCUT2D eigenvalue weighted by Gasteiger charge is 2.31. The van der Waals surface area contributed by atoms with Crippen LogP contribution in [0, 0.1) is 5.82 Å². The molecule has 2 atom stereocenters. The summed E-state index contributed by atoms with van der Waals surface area (Å²) in [5.41, 5.74) is 7.90. The van der Waals surface area contributed by atoms with Crippen LogP contribution in [0.25, 0.3) is 0 Å². The van der Waals surface area contributed by atoms with Crippen molar-refractivity contribution in [3.05, 3.63) is 56.5 Å². The lowest BCUT2D eigenvalue weighted by atomic mass is 9.96. The SMILES string of the molecule is CC1c2ccsc2CCN1C(CN)c1cccc(Cl)c1F. The van der Waals surface area contributed by atoms with Gasteiger partial charge in [-0.3, -0.25) is 4.90 Å². The first-order valence-corrected chi connectivity index (χ1v) is 8.35. The summed E-state index contributed by atoms with van der Waals surface area (Å²) in [6.45, 7) is 3.43. The summed E-state index contributed by atoms with van der Waals surface area (Å²) in [5.74, 6) is -0.349. The molecule has 2 unspecified atom stereocenters. The van der Waals surface area contributed by atoms with E-state index in [0.29, 0.717) is 12.1 Å². The molecular weight excluding hydrogens is 307 g/mol. The molecule has 21 heavy (non-hydrogen) atoms. The van der Waals surface area contributed by atoms with Gasteiger partial charge in [0, 0.05) is 29.6 Å². The van der Waals surface area contributed by atoms with Crippen molar-refractivity contribution in [1.82, 2.24) is 4.90 Å². The Morgan fingerprint density at radius 1 is 1.48 bits per heavy atom. The molecule has 0 bridgehead atoms. The maximum atomic E-state index is 14.3. The first-order valence-electron chi connectivity index (χ1n) is 7.09. The van der Waals surface area contributed by atoms with Crippen molar-refractivity contribution in [2.24, 2.45) is 5.73 Å². The molecule has 1 aromatic heterocycles. The predicted octanol–water partition coefficient (Wildman–Crippen LogP) is 4.16. The topological polar surface area (TPSA) is 29.3 Å². The van der Waals surface area contributed by atoms with Crippen LogP contribution in [-0.2, 0) is 6.42 Å². The molecule has 2 aromatic rings. The van der Waals surface area contributed by atoms with Gasteiger partial charge in [0.1, 0.15) is 5.82 Å². The Morgan fingerprint density at radius 2 is 2.29 bits per heavy atom. The molecule has 0 spiro atoms. The molecule has 2 N–H and O–H groups in total. The lowest BCUT2D eigenvalue weighted by molar-refractivity contribution is 0.136. The number of hydrogen-bond acceptors (Lipinski definition) is 3. The molecule has 1 aliphatic rings. The van der Waals surface area contributed by atoms with Gasteiger partial charge in [-0.2, -0.15) is 0 Å². The minimum Gasteiger partial charge on any atom is -0.329 e. The fourth-order valence-electron chi connectivity index (χ4n) is 3.17. The van der Waals surface area contributed by atoms with Crippen LogP contribution < -0.4 is 5.73 Å². The van der Waals surface area contributed by atoms with Crippen molar-refractivity contribution in [3.63, 3.8) is 0 Å². The average molecular weight is 325 g/mol. The molecular formula is C16H18ClFN2S. The van der Waals surface area contributed by atoms with Crippen LogP contribution >= 0.6 is 22.9 Å². The lowest BCUT2D eigenvalue weighted by Gasteiger charge is -2.39. The Balaban J connectivity index is 1.96. The third-order valence-electron chi connectivity index (χ3n) is 4.29. The van der Waals surface area contributed by atoms with Gasteiger partial charge in [0.25, 0.3) is 0 Å². The molecule has 1 aromatic carbocycles. The van der Waals surface area contributed by atoms with Crippen LogP contribution in [0.5, 0.6) is 0 Å². The molecule has 0 saturated carbocycles. The second-order valence-corrected chi connectivity index (χ2v) is 6.77. The number of halogens is 2. The normalized spacial score (nSPS) is 20.3. The van der Waals surface area contributed by atoms with Gasteiger partial charge < -0.3 is 5.73 Å². The molecule has 3 rings (SSSR count). The molecule has 2 heterocycles. The standard InChI is InChI=1S/C16H18ClFN2S/c1-10-11-6-8-21-15(11)5-7-20(10)14(9-19)12-3-2-4-13(17)16(12)18/h2-4,6,8,10,14H,5,7,9,19H2,1H3. The third kappa shape index (κ3) is 2.61. The maximum Gasteiger partial charge on any atom is 0.146 e. The summed E-state index contributed by atoms with van der Waals surface area (Å²) in [4.78, 5) is 3.71. The maximum absolute atomic E-state index is 14.3. The number of nitrogens with zero attached hydrogens (tertiary/aromatic N) is 1. The molecule has 0 fully saturated rings. The fourth-order valence-corrected chi connectivity index (χ4v) is 4.32. The quantitative estimate of drug-likeness (QED) is 0.918. The first-order chi connectivity index (χ1) is 10.1. The van der Waals surface area contributed by atoms with E-state index >= 15 is 0 Å². The Kier molecular flexibility index (Phi) is 4.31. The van der Waals surface area contributed by atoms with E-state index in [9.17, 15) is 4.39 Å². The van der Waals surface area contributed by atoms with E-state index in [1.807, 2.05) is 0 Å². The summed E-state index contributed by atoms with van der Waals surface area (Å²) in [7, 11) is 0. The Hall–Kier alpha value is -0.940. The van der Waals surface area contributed by atoms with E-state index in [-0.39, 0.29) is 22.9 Å². The molecule has 0 aliphatic carbocycles. The molecule has 112 valence electrons. The second-order valence-electron chi connectivity index (χ2n) is 5.36. The van der Waals surface area contributed by atoms with E-state index in [2.05, 4.69) is 23.3 Å². The summed E-state index contributed by atoms with van der Waals surface area (Å²) in [6, 6.07) is 7.41. The van der Waals surface area contributed by atoms with Crippen LogP contribution in [0.2, 0.25) is 5.02 Å². The number of benzene rings is 1. The van der Waals surface area contributed by atoms with Crippen molar-refractivity contribution in [3.8, 4) is 0 Å². The van der Waals surface area contributed by atoms with Crippen molar-refractivity contribution in [2.45, 2.75) is 25.4 Å². The summed E-state index contributed by atoms with van der Waals surface area (Å²) in [6.07, 6.45) is 0.996. The van der Waals surface area contributed by atoms with E-state index in [4.69, 9.17) is 17.3 Å². The van der Waals surface area contributed by atoms with Crippen LogP contribution in [0.4, 0.5) is 4.39 Å². The highest BCUT2D eigenvalue weighted by atomic mass is 35.5. The van der Waals surface area contributed by atoms with Gasteiger partial charge in [-0.25, -0.2) is 4.39 Å². The minimum atomic E-state index is -0.349. The Labute approximate surface area is 133 Å². The predicted molar refractivity (Wildman–Crippen MR) is 86.3 cm³/mol. The van der Waals surface area contributed by atoms with Gasteiger partial charge >= 0.3 is 0 Å². The van der Waals surface area contributed by atoms with Crippen LogP contribution in [0.1, 0.15) is 35.0 Å². The van der Waals surface area contributed by atoms with Crippen molar-refractivity contribution in [2.75, 3.05) is 13.1 Å². The van der Waals surface area contributed by atoms with Crippen molar-refractivity contribution in [1.29, 1.82) is 0 Å². The second kappa shape index (κ2) is 6.05. The number of rotatable bonds is 3. The highest BCUT2D eigenvalue weighted by molar-refractivity contribution is 7.10. The largest absolute Gasteiger partial charge is 0.329 e. The van der Waals surface area contributed by atoms with E-state index in [1.165, 1.54) is 10.4 Å². The van der Waals surface area contributed by atoms with Gasteiger partial charge in [0.15, 0.2) is 0 Å². The zero-order valence-corrected chi connectivity index (χ0v) is 13.4. The molecule has 0 amide bonds. The molecule has 0 radical (unpaired) electrons. The number of nitrogens with two attached hydrogens (primary N) is 1. The van der Waals surface area contributed by atoms with Gasteiger partial charge in [-0.1, -0.05) is 23.7 Å². The number of hydrogen-bond donors (Lipinski definition) is 1. The van der Waals surface area contributed by atoms with E-state index in [0.717, 1.165) is 13.0 Å². The smallest absolute Gasteiger partial charge is 0.146 e. The van der Waals surface area contributed by atoms with Crippen molar-refractivity contribution >= 4 is 22.9 Å². The zero-order valence-electron chi connectivity index (χ0n) is 11.9. The van der Waals surface area contributed by atoms with Gasteiger partial charge in [-0.05, 0) is 36.4 Å². The summed E-state index contributed by atoms with van der Waals surface area (Å²) >= 11 is 7.72. The van der Waals surface area contributed by atoms with Crippen LogP contribution in [0.3, 0.4) is 0 Å². The van der Waals surface area contributed by atoms with E-state index in [1.54, 1.807) is 29.5 Å². The fraction of sp³-hybridized carbons (Fsp3) is 0.375. The molecule has 5 heteroatoms. The zero-order chi connectivity index (χ0) is 15.0. The monoisotopic (exact) mass is 324 g/mol. The average Bonchev–Trinajstić information content (AvgIpc) is 2.95.